The molecule has 0 radical (unpaired) electrons. The molecule has 12 heavy (non-hydrogen) atoms. The van der Waals surface area contributed by atoms with Crippen LogP contribution in [0.2, 0.25) is 0 Å². The summed E-state index contributed by atoms with van der Waals surface area (Å²) in [6.45, 7) is 7.45. The van der Waals surface area contributed by atoms with Gasteiger partial charge in [0.2, 0.25) is 0 Å². The monoisotopic (exact) mass is 168 g/mol. The third-order valence-corrected chi connectivity index (χ3v) is 1.80. The van der Waals surface area contributed by atoms with E-state index in [2.05, 4.69) is 24.6 Å². The molecule has 0 aliphatic heterocycles. The Bertz CT molecular complexity index is 137. The van der Waals surface area contributed by atoms with Gasteiger partial charge in [0.05, 0.1) is 0 Å². The molecule has 2 nitrogen and oxygen atoms in total. The number of rotatable bonds is 7. The van der Waals surface area contributed by atoms with Gasteiger partial charge in [-0.2, -0.15) is 0 Å². The van der Waals surface area contributed by atoms with E-state index >= 15 is 0 Å². The van der Waals surface area contributed by atoms with Gasteiger partial charge in [0.15, 0.2) is 0 Å². The predicted octanol–water partition coefficient (Wildman–Crippen LogP) is 1.43. The van der Waals surface area contributed by atoms with Gasteiger partial charge in [0.1, 0.15) is 0 Å². The Labute approximate surface area is 75.5 Å². The third kappa shape index (κ3) is 6.17. The summed E-state index contributed by atoms with van der Waals surface area (Å²) < 4.78 is 0. The van der Waals surface area contributed by atoms with Crippen LogP contribution in [0.15, 0.2) is 18.4 Å². The van der Waals surface area contributed by atoms with Gasteiger partial charge in [-0.1, -0.05) is 13.5 Å². The average Bonchev–Trinajstić information content (AvgIpc) is 2.10. The molecule has 0 bridgehead atoms. The van der Waals surface area contributed by atoms with Gasteiger partial charge < -0.3 is 11.1 Å². The third-order valence-electron chi connectivity index (χ3n) is 1.80. The summed E-state index contributed by atoms with van der Waals surface area (Å²) in [4.78, 5) is 0. The van der Waals surface area contributed by atoms with Crippen molar-refractivity contribution in [3.63, 3.8) is 0 Å². The zero-order valence-corrected chi connectivity index (χ0v) is 7.97. The van der Waals surface area contributed by atoms with E-state index in [0.717, 1.165) is 32.4 Å². The lowest BCUT2D eigenvalue weighted by molar-refractivity contribution is 0.486. The minimum Gasteiger partial charge on any atom is -0.330 e. The molecule has 3 N–H and O–H groups in total. The fourth-order valence-corrected chi connectivity index (χ4v) is 1.18. The molecule has 70 valence electrons. The topological polar surface area (TPSA) is 38.0 Å². The van der Waals surface area contributed by atoms with Gasteiger partial charge in [-0.15, -0.1) is 5.73 Å². The maximum atomic E-state index is 5.44. The van der Waals surface area contributed by atoms with Crippen molar-refractivity contribution in [1.29, 1.82) is 0 Å². The first-order valence-corrected chi connectivity index (χ1v) is 4.62. The Morgan fingerprint density at radius 1 is 1.67 bits per heavy atom. The van der Waals surface area contributed by atoms with Crippen molar-refractivity contribution in [2.75, 3.05) is 13.1 Å². The number of nitrogens with one attached hydrogen (secondary N) is 1. The molecule has 0 aromatic rings. The first-order chi connectivity index (χ1) is 5.85. The van der Waals surface area contributed by atoms with Crippen molar-refractivity contribution >= 4 is 0 Å². The standard InChI is InChI=1S/C10H20N2/c1-3-5-7-10(12-4-2)8-6-9-11/h5,10,12H,1,4,6-9,11H2,2H3. The summed E-state index contributed by atoms with van der Waals surface area (Å²) >= 11 is 0. The molecule has 0 rings (SSSR count). The molecule has 0 aromatic heterocycles. The molecule has 0 fully saturated rings. The van der Waals surface area contributed by atoms with Crippen LogP contribution in [0, 0.1) is 0 Å². The van der Waals surface area contributed by atoms with Gasteiger partial charge in [-0.05, 0) is 38.4 Å². The first-order valence-electron chi connectivity index (χ1n) is 4.62. The molecule has 0 aromatic carbocycles. The Hall–Kier alpha value is -0.560. The second-order valence-corrected chi connectivity index (χ2v) is 2.83. The highest BCUT2D eigenvalue weighted by Crippen LogP contribution is 2.01. The highest BCUT2D eigenvalue weighted by Gasteiger charge is 2.02. The predicted molar refractivity (Wildman–Crippen MR) is 54.1 cm³/mol. The van der Waals surface area contributed by atoms with Crippen molar-refractivity contribution in [3.05, 3.63) is 18.4 Å². The van der Waals surface area contributed by atoms with Crippen LogP contribution in [0.1, 0.15) is 26.2 Å². The summed E-state index contributed by atoms with van der Waals surface area (Å²) in [5, 5.41) is 3.40. The molecule has 0 saturated heterocycles. The van der Waals surface area contributed by atoms with Gasteiger partial charge in [0, 0.05) is 6.04 Å². The van der Waals surface area contributed by atoms with E-state index in [0.29, 0.717) is 6.04 Å². The van der Waals surface area contributed by atoms with E-state index in [1.165, 1.54) is 0 Å². The largest absolute Gasteiger partial charge is 0.330 e. The fraction of sp³-hybridized carbons (Fsp3) is 0.700. The van der Waals surface area contributed by atoms with Gasteiger partial charge in [-0.25, -0.2) is 0 Å². The number of hydrogen-bond acceptors (Lipinski definition) is 2. The second-order valence-electron chi connectivity index (χ2n) is 2.83. The molecular formula is C10H20N2. The van der Waals surface area contributed by atoms with Gasteiger partial charge >= 0.3 is 0 Å². The van der Waals surface area contributed by atoms with Crippen LogP contribution in [0.5, 0.6) is 0 Å². The van der Waals surface area contributed by atoms with Crippen LogP contribution in [-0.2, 0) is 0 Å². The molecule has 0 amide bonds. The smallest absolute Gasteiger partial charge is 0.0108 e. The number of hydrogen-bond donors (Lipinski definition) is 2. The molecule has 1 unspecified atom stereocenters. The van der Waals surface area contributed by atoms with Crippen molar-refractivity contribution in [2.24, 2.45) is 5.73 Å². The fourth-order valence-electron chi connectivity index (χ4n) is 1.18. The Morgan fingerprint density at radius 3 is 2.92 bits per heavy atom. The summed E-state index contributed by atoms with van der Waals surface area (Å²) in [6, 6.07) is 0.549. The van der Waals surface area contributed by atoms with E-state index in [1.54, 1.807) is 0 Å². The zero-order chi connectivity index (χ0) is 9.23. The normalized spacial score (nSPS) is 12.2. The summed E-state index contributed by atoms with van der Waals surface area (Å²) in [6.07, 6.45) is 5.21. The van der Waals surface area contributed by atoms with Crippen molar-refractivity contribution in [2.45, 2.75) is 32.2 Å². The quantitative estimate of drug-likeness (QED) is 0.564. The van der Waals surface area contributed by atoms with E-state index in [4.69, 9.17) is 5.73 Å². The van der Waals surface area contributed by atoms with E-state index in [-0.39, 0.29) is 0 Å². The summed E-state index contributed by atoms with van der Waals surface area (Å²) in [7, 11) is 0. The van der Waals surface area contributed by atoms with E-state index in [9.17, 15) is 0 Å². The van der Waals surface area contributed by atoms with Crippen LogP contribution in [0.3, 0.4) is 0 Å². The molecule has 0 spiro atoms. The van der Waals surface area contributed by atoms with Crippen LogP contribution in [0.4, 0.5) is 0 Å². The van der Waals surface area contributed by atoms with Crippen LogP contribution in [0.25, 0.3) is 0 Å². The molecule has 0 aliphatic carbocycles. The van der Waals surface area contributed by atoms with Gasteiger partial charge in [0.25, 0.3) is 0 Å². The zero-order valence-electron chi connectivity index (χ0n) is 7.97. The Balaban J connectivity index is 3.60. The van der Waals surface area contributed by atoms with Crippen LogP contribution in [-0.4, -0.2) is 19.1 Å². The summed E-state index contributed by atoms with van der Waals surface area (Å²) in [5.41, 5.74) is 8.22. The minimum atomic E-state index is 0.549. The highest BCUT2D eigenvalue weighted by atomic mass is 14.9. The number of nitrogens with two attached hydrogens (primary N) is 1. The van der Waals surface area contributed by atoms with Gasteiger partial charge in [-0.3, -0.25) is 0 Å². The van der Waals surface area contributed by atoms with Crippen molar-refractivity contribution in [3.8, 4) is 0 Å². The molecule has 2 heteroatoms. The lowest BCUT2D eigenvalue weighted by Crippen LogP contribution is -2.28. The van der Waals surface area contributed by atoms with E-state index in [1.807, 2.05) is 6.08 Å². The SMILES string of the molecule is C=C=CCC(CCCN)NCC. The highest BCUT2D eigenvalue weighted by molar-refractivity contribution is 4.82. The molecular weight excluding hydrogens is 148 g/mol. The molecule has 1 atom stereocenters. The van der Waals surface area contributed by atoms with Crippen LogP contribution < -0.4 is 11.1 Å². The summed E-state index contributed by atoms with van der Waals surface area (Å²) in [5.74, 6) is 0. The molecule has 0 aliphatic rings. The molecule has 0 saturated carbocycles. The van der Waals surface area contributed by atoms with Crippen LogP contribution >= 0.6 is 0 Å². The van der Waals surface area contributed by atoms with E-state index < -0.39 is 0 Å². The lowest BCUT2D eigenvalue weighted by atomic mass is 10.1. The maximum absolute atomic E-state index is 5.44. The maximum Gasteiger partial charge on any atom is 0.0108 e. The lowest BCUT2D eigenvalue weighted by Gasteiger charge is -2.14. The Morgan fingerprint density at radius 2 is 2.42 bits per heavy atom. The van der Waals surface area contributed by atoms with Crippen molar-refractivity contribution < 1.29 is 0 Å². The Kier molecular flexibility index (Phi) is 8.14. The second kappa shape index (κ2) is 8.54. The average molecular weight is 168 g/mol. The molecule has 0 heterocycles. The first kappa shape index (κ1) is 11.4. The van der Waals surface area contributed by atoms with Crippen molar-refractivity contribution in [1.82, 2.24) is 5.32 Å². The minimum absolute atomic E-state index is 0.549.